The Morgan fingerprint density at radius 2 is 2.29 bits per heavy atom. The van der Waals surface area contributed by atoms with Crippen molar-refractivity contribution < 1.29 is 4.74 Å². The minimum absolute atomic E-state index is 0.0545. The lowest BCUT2D eigenvalue weighted by molar-refractivity contribution is 0.0408. The summed E-state index contributed by atoms with van der Waals surface area (Å²) in [5, 5.41) is 2.09. The van der Waals surface area contributed by atoms with E-state index in [1.807, 2.05) is 6.92 Å². The molecule has 0 fully saturated rings. The van der Waals surface area contributed by atoms with Crippen molar-refractivity contribution in [2.75, 3.05) is 6.61 Å². The Bertz CT molecular complexity index is 270. The van der Waals surface area contributed by atoms with E-state index in [1.54, 1.807) is 11.3 Å². The highest BCUT2D eigenvalue weighted by molar-refractivity contribution is 7.10. The molecule has 0 radical (unpaired) electrons. The van der Waals surface area contributed by atoms with E-state index in [2.05, 4.69) is 25.3 Å². The van der Waals surface area contributed by atoms with E-state index in [1.165, 1.54) is 10.4 Å². The van der Waals surface area contributed by atoms with Crippen LogP contribution >= 0.6 is 11.3 Å². The van der Waals surface area contributed by atoms with Crippen LogP contribution in [0.1, 0.15) is 36.8 Å². The van der Waals surface area contributed by atoms with Crippen LogP contribution < -0.4 is 5.73 Å². The monoisotopic (exact) mass is 213 g/mol. The summed E-state index contributed by atoms with van der Waals surface area (Å²) in [7, 11) is 0. The molecule has 0 aliphatic heterocycles. The van der Waals surface area contributed by atoms with Gasteiger partial charge >= 0.3 is 0 Å². The molecule has 0 bridgehead atoms. The van der Waals surface area contributed by atoms with Gasteiger partial charge < -0.3 is 10.5 Å². The number of thiophene rings is 1. The first kappa shape index (κ1) is 11.7. The summed E-state index contributed by atoms with van der Waals surface area (Å²) in [5.41, 5.74) is 7.20. The second kappa shape index (κ2) is 5.49. The molecule has 1 rings (SSSR count). The van der Waals surface area contributed by atoms with Crippen LogP contribution in [0.25, 0.3) is 0 Å². The van der Waals surface area contributed by atoms with Gasteiger partial charge in [-0.2, -0.15) is 0 Å². The Labute approximate surface area is 90.1 Å². The molecule has 0 saturated heterocycles. The number of hydrogen-bond acceptors (Lipinski definition) is 3. The van der Waals surface area contributed by atoms with Crippen molar-refractivity contribution in [1.82, 2.24) is 0 Å². The van der Waals surface area contributed by atoms with Crippen molar-refractivity contribution in [3.63, 3.8) is 0 Å². The maximum absolute atomic E-state index is 5.92. The molecule has 0 aliphatic carbocycles. The van der Waals surface area contributed by atoms with E-state index in [4.69, 9.17) is 10.5 Å². The molecule has 14 heavy (non-hydrogen) atoms. The predicted molar refractivity (Wildman–Crippen MR) is 61.7 cm³/mol. The second-order valence-electron chi connectivity index (χ2n) is 3.62. The summed E-state index contributed by atoms with van der Waals surface area (Å²) in [4.78, 5) is 1.27. The van der Waals surface area contributed by atoms with Gasteiger partial charge in [-0.3, -0.25) is 0 Å². The van der Waals surface area contributed by atoms with Gasteiger partial charge in [0.2, 0.25) is 0 Å². The minimum atomic E-state index is 0.0545. The molecule has 1 aromatic heterocycles. The normalized spacial score (nSPS) is 15.4. The number of hydrogen-bond donors (Lipinski definition) is 1. The molecule has 80 valence electrons. The van der Waals surface area contributed by atoms with Gasteiger partial charge in [0.25, 0.3) is 0 Å². The Kier molecular flexibility index (Phi) is 4.58. The zero-order valence-corrected chi connectivity index (χ0v) is 9.93. The lowest BCUT2D eigenvalue weighted by atomic mass is 10.1. The Balaban J connectivity index is 2.73. The van der Waals surface area contributed by atoms with Gasteiger partial charge in [0.1, 0.15) is 6.10 Å². The van der Waals surface area contributed by atoms with Crippen molar-refractivity contribution in [3.8, 4) is 0 Å². The standard InChI is InChI=1S/C11H19NOS/c1-4-6-13-10(9(3)12)11-8(2)5-7-14-11/h5,7,9-10H,4,6,12H2,1-3H3. The summed E-state index contributed by atoms with van der Waals surface area (Å²) in [6.45, 7) is 7.00. The van der Waals surface area contributed by atoms with Crippen LogP contribution in [0.4, 0.5) is 0 Å². The minimum Gasteiger partial charge on any atom is -0.371 e. The fraction of sp³-hybridized carbons (Fsp3) is 0.636. The van der Waals surface area contributed by atoms with Crippen molar-refractivity contribution in [3.05, 3.63) is 21.9 Å². The molecular weight excluding hydrogens is 194 g/mol. The van der Waals surface area contributed by atoms with Gasteiger partial charge in [-0.25, -0.2) is 0 Å². The van der Waals surface area contributed by atoms with Crippen LogP contribution in [-0.4, -0.2) is 12.6 Å². The van der Waals surface area contributed by atoms with Crippen molar-refractivity contribution in [2.45, 2.75) is 39.3 Å². The summed E-state index contributed by atoms with van der Waals surface area (Å²) >= 11 is 1.73. The quantitative estimate of drug-likeness (QED) is 0.816. The Morgan fingerprint density at radius 3 is 2.71 bits per heavy atom. The van der Waals surface area contributed by atoms with E-state index in [9.17, 15) is 0 Å². The van der Waals surface area contributed by atoms with E-state index in [0.717, 1.165) is 13.0 Å². The molecule has 2 N–H and O–H groups in total. The van der Waals surface area contributed by atoms with Gasteiger partial charge in [0.05, 0.1) is 0 Å². The maximum atomic E-state index is 5.92. The number of nitrogens with two attached hydrogens (primary N) is 1. The van der Waals surface area contributed by atoms with Gasteiger partial charge in [-0.05, 0) is 37.3 Å². The molecule has 0 aliphatic rings. The largest absolute Gasteiger partial charge is 0.371 e. The average molecular weight is 213 g/mol. The van der Waals surface area contributed by atoms with Gasteiger partial charge in [-0.15, -0.1) is 11.3 Å². The zero-order chi connectivity index (χ0) is 10.6. The smallest absolute Gasteiger partial charge is 0.107 e. The van der Waals surface area contributed by atoms with E-state index in [0.29, 0.717) is 0 Å². The number of aryl methyl sites for hydroxylation is 1. The van der Waals surface area contributed by atoms with Gasteiger partial charge in [0.15, 0.2) is 0 Å². The molecule has 1 heterocycles. The number of ether oxygens (including phenoxy) is 1. The molecule has 1 aromatic rings. The molecule has 2 atom stereocenters. The van der Waals surface area contributed by atoms with Gasteiger partial charge in [-0.1, -0.05) is 6.92 Å². The highest BCUT2D eigenvalue weighted by atomic mass is 32.1. The van der Waals surface area contributed by atoms with Gasteiger partial charge in [0, 0.05) is 17.5 Å². The lowest BCUT2D eigenvalue weighted by Crippen LogP contribution is -2.27. The third-order valence-corrected chi connectivity index (χ3v) is 3.22. The molecule has 0 amide bonds. The number of rotatable bonds is 5. The fourth-order valence-corrected chi connectivity index (χ4v) is 2.48. The van der Waals surface area contributed by atoms with E-state index < -0.39 is 0 Å². The second-order valence-corrected chi connectivity index (χ2v) is 4.57. The summed E-state index contributed by atoms with van der Waals surface area (Å²) in [5.74, 6) is 0. The lowest BCUT2D eigenvalue weighted by Gasteiger charge is -2.20. The predicted octanol–water partition coefficient (Wildman–Crippen LogP) is 2.87. The van der Waals surface area contributed by atoms with Crippen molar-refractivity contribution in [1.29, 1.82) is 0 Å². The van der Waals surface area contributed by atoms with Crippen molar-refractivity contribution in [2.24, 2.45) is 5.73 Å². The van der Waals surface area contributed by atoms with Crippen LogP contribution in [0.5, 0.6) is 0 Å². The van der Waals surface area contributed by atoms with Crippen LogP contribution in [-0.2, 0) is 4.74 Å². The van der Waals surface area contributed by atoms with E-state index in [-0.39, 0.29) is 12.1 Å². The average Bonchev–Trinajstić information content (AvgIpc) is 2.52. The highest BCUT2D eigenvalue weighted by Crippen LogP contribution is 2.28. The van der Waals surface area contributed by atoms with Crippen LogP contribution in [0.2, 0.25) is 0 Å². The first-order chi connectivity index (χ1) is 6.66. The topological polar surface area (TPSA) is 35.2 Å². The molecule has 2 unspecified atom stereocenters. The van der Waals surface area contributed by atoms with Crippen LogP contribution in [0.3, 0.4) is 0 Å². The zero-order valence-electron chi connectivity index (χ0n) is 9.12. The third-order valence-electron chi connectivity index (χ3n) is 2.14. The summed E-state index contributed by atoms with van der Waals surface area (Å²) < 4.78 is 5.76. The van der Waals surface area contributed by atoms with Crippen LogP contribution in [0.15, 0.2) is 11.4 Å². The third kappa shape index (κ3) is 2.80. The SMILES string of the molecule is CCCOC(c1sccc1C)C(C)N. The maximum Gasteiger partial charge on any atom is 0.107 e. The molecule has 0 spiro atoms. The van der Waals surface area contributed by atoms with Crippen molar-refractivity contribution >= 4 is 11.3 Å². The Morgan fingerprint density at radius 1 is 1.57 bits per heavy atom. The molecule has 2 nitrogen and oxygen atoms in total. The summed E-state index contributed by atoms with van der Waals surface area (Å²) in [6, 6.07) is 2.17. The molecule has 0 saturated carbocycles. The first-order valence-electron chi connectivity index (χ1n) is 5.08. The molecular formula is C11H19NOS. The molecule has 0 aromatic carbocycles. The highest BCUT2D eigenvalue weighted by Gasteiger charge is 2.19. The van der Waals surface area contributed by atoms with E-state index >= 15 is 0 Å². The summed E-state index contributed by atoms with van der Waals surface area (Å²) in [6.07, 6.45) is 1.10. The molecule has 3 heteroatoms. The first-order valence-corrected chi connectivity index (χ1v) is 5.96. The fourth-order valence-electron chi connectivity index (χ4n) is 1.39. The Hall–Kier alpha value is -0.380. The van der Waals surface area contributed by atoms with Crippen LogP contribution in [0, 0.1) is 6.92 Å².